The Bertz CT molecular complexity index is 2440. The summed E-state index contributed by atoms with van der Waals surface area (Å²) in [6.45, 7) is 7.52. The van der Waals surface area contributed by atoms with Crippen LogP contribution < -0.4 is 30.2 Å². The lowest BCUT2D eigenvalue weighted by Gasteiger charge is -2.28. The highest BCUT2D eigenvalue weighted by Gasteiger charge is 2.36. The lowest BCUT2D eigenvalue weighted by Crippen LogP contribution is -2.46. The van der Waals surface area contributed by atoms with E-state index in [0.717, 1.165) is 19.3 Å². The van der Waals surface area contributed by atoms with Crippen LogP contribution in [0.3, 0.4) is 0 Å². The van der Waals surface area contributed by atoms with E-state index in [1.165, 1.54) is 35.4 Å². The zero-order valence-corrected chi connectivity index (χ0v) is 44.2. The third-order valence-electron chi connectivity index (χ3n) is 11.9. The number of likely N-dealkylation sites (tertiary alicyclic amines) is 1. The fourth-order valence-electron chi connectivity index (χ4n) is 8.18. The van der Waals surface area contributed by atoms with Crippen LogP contribution >= 0.6 is 9.24 Å². The normalized spacial score (nSPS) is 15.1. The first-order valence-electron chi connectivity index (χ1n) is 24.9. The molecule has 21 nitrogen and oxygen atoms in total. The minimum absolute atomic E-state index is 0.0660. The van der Waals surface area contributed by atoms with Gasteiger partial charge in [0, 0.05) is 63.8 Å². The number of aliphatic carboxylic acids is 2. The molecule has 1 fully saturated rings. The number of halogens is 2. The average molecular weight is 1080 g/mol. The molecule has 3 unspecified atom stereocenters. The van der Waals surface area contributed by atoms with Crippen LogP contribution in [0.2, 0.25) is 0 Å². The van der Waals surface area contributed by atoms with E-state index >= 15 is 0 Å². The second kappa shape index (κ2) is 31.3. The number of hydrogen-bond donors (Lipinski definition) is 6. The van der Waals surface area contributed by atoms with E-state index in [1.807, 2.05) is 18.7 Å². The molecule has 0 radical (unpaired) electrons. The Morgan fingerprint density at radius 3 is 2.12 bits per heavy atom. The van der Waals surface area contributed by atoms with Crippen molar-refractivity contribution in [1.82, 2.24) is 45.9 Å². The third-order valence-corrected chi connectivity index (χ3v) is 12.8. The maximum Gasteiger partial charge on any atom is 0.488 e. The summed E-state index contributed by atoms with van der Waals surface area (Å²) < 4.78 is 60.3. The van der Waals surface area contributed by atoms with Gasteiger partial charge >= 0.3 is 22.4 Å². The fraction of sp³-hybridized carbons (Fsp3) is 0.571. The van der Waals surface area contributed by atoms with Crippen molar-refractivity contribution < 1.29 is 64.6 Å². The number of carbonyl (C=O) groups is 6. The Morgan fingerprint density at radius 2 is 1.49 bits per heavy atom. The van der Waals surface area contributed by atoms with Crippen molar-refractivity contribution in [2.45, 2.75) is 76.7 Å². The van der Waals surface area contributed by atoms with E-state index in [-0.39, 0.29) is 88.4 Å². The number of nitrogens with zero attached hydrogens (tertiary/aromatic N) is 5. The van der Waals surface area contributed by atoms with Crippen LogP contribution in [0.4, 0.5) is 8.28 Å². The smallest absolute Gasteiger partial charge is 0.488 e. The van der Waals surface area contributed by atoms with Gasteiger partial charge in [0.25, 0.3) is 5.91 Å². The molecule has 6 N–H and O–H groups in total. The number of ether oxygens (including phenoxy) is 1. The Morgan fingerprint density at radius 1 is 0.811 bits per heavy atom. The number of nitrogens with one attached hydrogen (secondary N) is 4. The molecule has 0 bridgehead atoms. The quantitative estimate of drug-likeness (QED) is 0.0278. The highest BCUT2D eigenvalue weighted by Crippen LogP contribution is 2.31. The van der Waals surface area contributed by atoms with Gasteiger partial charge in [0.15, 0.2) is 0 Å². The number of fused-ring (bicyclic) bond motifs is 1. The number of amides is 4. The molecule has 3 atom stereocenters. The van der Waals surface area contributed by atoms with E-state index in [9.17, 15) is 55.7 Å². The summed E-state index contributed by atoms with van der Waals surface area (Å²) in [4.78, 5) is 86.6. The van der Waals surface area contributed by atoms with Crippen LogP contribution in [-0.4, -0.2) is 195 Å². The van der Waals surface area contributed by atoms with Crippen molar-refractivity contribution in [3.05, 3.63) is 65.9 Å². The van der Waals surface area contributed by atoms with Gasteiger partial charge in [0.1, 0.15) is 16.9 Å². The van der Waals surface area contributed by atoms with Crippen molar-refractivity contribution >= 4 is 66.2 Å². The lowest BCUT2D eigenvalue weighted by atomic mass is 10.0. The third kappa shape index (κ3) is 23.3. The first-order chi connectivity index (χ1) is 35.2. The van der Waals surface area contributed by atoms with Crippen LogP contribution in [0.25, 0.3) is 10.9 Å². The zero-order chi connectivity index (χ0) is 54.1. The average Bonchev–Trinajstić information content (AvgIpc) is 3.71. The zero-order valence-electron chi connectivity index (χ0n) is 42.2. The number of pyridine rings is 1. The maximum atomic E-state index is 14.2. The van der Waals surface area contributed by atoms with Gasteiger partial charge in [-0.25, -0.2) is 4.39 Å². The Hall–Kier alpha value is -5.65. The molecule has 0 saturated carbocycles. The molecule has 1 aliphatic rings. The minimum atomic E-state index is -5.29. The molecular weight excluding hydrogens is 1010 g/mol. The SMILES string of the molecule is CCCCN(CCN(CCN(CCC)CC(=O)NCCCCNC(=O)C(Cc1cccc(OS(=O)(=O)F)c1)NCCCOc1ccc2nccc(C(=O)NCC(=O)N3CCC(F)(P)C3)c2c1)CC(=O)O)CC(=O)O. The summed E-state index contributed by atoms with van der Waals surface area (Å²) in [5.41, 5.74) is 1.27. The Kier molecular flexibility index (Phi) is 25.7. The summed E-state index contributed by atoms with van der Waals surface area (Å²) in [5, 5.41) is 29.4. The topological polar surface area (TPSA) is 269 Å². The summed E-state index contributed by atoms with van der Waals surface area (Å²) in [5.74, 6) is -3.24. The number of alkyl halides is 1. The van der Waals surface area contributed by atoms with Crippen LogP contribution in [0.15, 0.2) is 54.7 Å². The predicted octanol–water partition coefficient (Wildman–Crippen LogP) is 2.60. The minimum Gasteiger partial charge on any atom is -0.494 e. The molecule has 1 aromatic heterocycles. The first-order valence-corrected chi connectivity index (χ1v) is 26.8. The fourth-order valence-corrected chi connectivity index (χ4v) is 8.87. The largest absolute Gasteiger partial charge is 0.494 e. The predicted molar refractivity (Wildman–Crippen MR) is 277 cm³/mol. The maximum absolute atomic E-state index is 14.2. The van der Waals surface area contributed by atoms with Gasteiger partial charge in [-0.05, 0) is 100 Å². The van der Waals surface area contributed by atoms with Crippen LogP contribution in [0.1, 0.15) is 74.7 Å². The van der Waals surface area contributed by atoms with Gasteiger partial charge in [-0.1, -0.05) is 45.5 Å². The lowest BCUT2D eigenvalue weighted by molar-refractivity contribution is -0.140. The van der Waals surface area contributed by atoms with Gasteiger partial charge in [0.2, 0.25) is 17.7 Å². The number of carbonyl (C=O) groups excluding carboxylic acids is 4. The summed E-state index contributed by atoms with van der Waals surface area (Å²) >= 11 is 0. The number of benzene rings is 2. The van der Waals surface area contributed by atoms with Crippen LogP contribution in [0.5, 0.6) is 11.5 Å². The summed E-state index contributed by atoms with van der Waals surface area (Å²) in [7, 11) is -3.17. The standard InChI is InChI=1S/C49H72F2N9O12PS/c1-3-5-21-58(33-45(63)64)24-26-59(34-46(65)66)25-23-57(20-4-2)32-43(61)54-16-6-7-17-55-48(68)42(29-36-10-8-11-38(28-36)72-74(51,69)70)52-18-9-27-71-37-12-13-41-40(30-37)39(14-19-53-41)47(67)56-31-44(62)60-22-15-49(50,73)35-60/h8,10-14,19,28,30,42,52H,3-7,9,15-18,20-27,29,31-35,73H2,1-2H3,(H,54,61)(H,55,68)(H,56,67)(H,63,64)(H,65,66). The van der Waals surface area contributed by atoms with E-state index in [1.54, 1.807) is 34.1 Å². The number of unbranched alkanes of at least 4 members (excludes halogenated alkanes) is 2. The van der Waals surface area contributed by atoms with Gasteiger partial charge in [0.05, 0.1) is 56.5 Å². The molecule has 2 heterocycles. The van der Waals surface area contributed by atoms with Crippen molar-refractivity contribution in [1.29, 1.82) is 0 Å². The molecule has 74 heavy (non-hydrogen) atoms. The number of carboxylic acids is 2. The summed E-state index contributed by atoms with van der Waals surface area (Å²) in [6.07, 6.45) is 5.72. The van der Waals surface area contributed by atoms with E-state index in [2.05, 4.69) is 39.7 Å². The van der Waals surface area contributed by atoms with Gasteiger partial charge in [-0.15, -0.1) is 0 Å². The number of hydrogen-bond acceptors (Lipinski definition) is 15. The van der Waals surface area contributed by atoms with Crippen molar-refractivity contribution in [3.63, 3.8) is 0 Å². The number of aromatic nitrogens is 1. The molecule has 2 aromatic carbocycles. The van der Waals surface area contributed by atoms with E-state index in [4.69, 9.17) is 4.74 Å². The van der Waals surface area contributed by atoms with Gasteiger partial charge in [-0.2, -0.15) is 8.42 Å². The molecule has 0 spiro atoms. The van der Waals surface area contributed by atoms with Crippen molar-refractivity contribution in [2.24, 2.45) is 0 Å². The summed E-state index contributed by atoms with van der Waals surface area (Å²) in [6, 6.07) is 11.5. The Balaban J connectivity index is 1.25. The van der Waals surface area contributed by atoms with Crippen LogP contribution in [-0.2, 0) is 40.9 Å². The highest BCUT2D eigenvalue weighted by molar-refractivity contribution is 7.81. The first kappa shape index (κ1) is 60.9. The van der Waals surface area contributed by atoms with E-state index < -0.39 is 45.7 Å². The molecule has 1 saturated heterocycles. The van der Waals surface area contributed by atoms with Crippen LogP contribution in [0, 0.1) is 0 Å². The second-order valence-electron chi connectivity index (χ2n) is 18.2. The second-order valence-corrected chi connectivity index (χ2v) is 20.2. The van der Waals surface area contributed by atoms with E-state index in [0.29, 0.717) is 93.8 Å². The molecular formula is C49H72F2N9O12PS. The number of carboxylic acid groups (broad SMARTS) is 2. The molecule has 4 rings (SSSR count). The van der Waals surface area contributed by atoms with Crippen molar-refractivity contribution in [2.75, 3.05) is 105 Å². The molecule has 0 aliphatic carbocycles. The molecule has 3 aromatic rings. The molecule has 1 aliphatic heterocycles. The Labute approximate surface area is 434 Å². The van der Waals surface area contributed by atoms with Crippen molar-refractivity contribution in [3.8, 4) is 11.5 Å². The highest BCUT2D eigenvalue weighted by atomic mass is 32.3. The van der Waals surface area contributed by atoms with Gasteiger partial charge in [-0.3, -0.25) is 48.5 Å². The molecule has 410 valence electrons. The monoisotopic (exact) mass is 1080 g/mol. The molecule has 25 heteroatoms. The van der Waals surface area contributed by atoms with Gasteiger partial charge < -0.3 is 45.3 Å². The number of rotatable bonds is 36. The molecule has 4 amide bonds.